The number of aliphatic hydroxyl groups excluding tert-OH is 1. The largest absolute Gasteiger partial charge is 0.462 e. The van der Waals surface area contributed by atoms with Crippen LogP contribution in [0.2, 0.25) is 0 Å². The minimum atomic E-state index is -0.651. The second-order valence-corrected chi connectivity index (χ2v) is 4.98. The van der Waals surface area contributed by atoms with Crippen LogP contribution in [0.25, 0.3) is 10.9 Å². The highest BCUT2D eigenvalue weighted by molar-refractivity contribution is 5.94. The van der Waals surface area contributed by atoms with Gasteiger partial charge in [0, 0.05) is 31.2 Å². The van der Waals surface area contributed by atoms with Crippen LogP contribution < -0.4 is 10.4 Å². The summed E-state index contributed by atoms with van der Waals surface area (Å²) in [6.45, 7) is 1.62. The van der Waals surface area contributed by atoms with Crippen molar-refractivity contribution in [1.29, 1.82) is 0 Å². The number of carbonyl (C=O) groups is 1. The van der Waals surface area contributed by atoms with Gasteiger partial charge in [-0.15, -0.1) is 0 Å². The highest BCUT2D eigenvalue weighted by Gasteiger charge is 2.17. The maximum Gasteiger partial charge on any atom is 0.343 e. The number of hydrogen-bond donors (Lipinski definition) is 1. The van der Waals surface area contributed by atoms with E-state index in [1.165, 1.54) is 6.20 Å². The predicted octanol–water partition coefficient (Wildman–Crippen LogP) is 0.720. The lowest BCUT2D eigenvalue weighted by molar-refractivity contribution is 0.0524. The van der Waals surface area contributed by atoms with Gasteiger partial charge in [0.05, 0.1) is 12.1 Å². The molecular weight excluding hydrogens is 296 g/mol. The van der Waals surface area contributed by atoms with E-state index in [1.54, 1.807) is 48.9 Å². The molecule has 1 heterocycles. The summed E-state index contributed by atoms with van der Waals surface area (Å²) in [5.41, 5.74) is 0.821. The minimum absolute atomic E-state index is 0.0275. The van der Waals surface area contributed by atoms with E-state index in [4.69, 9.17) is 9.84 Å². The molecule has 120 valence electrons. The fraction of sp³-hybridized carbons (Fsp3) is 0.294. The Morgan fingerprint density at radius 3 is 2.74 bits per heavy atom. The lowest BCUT2D eigenvalue weighted by atomic mass is 10.1. The Hall–Kier alpha value is -2.78. The molecule has 2 aromatic rings. The lowest BCUT2D eigenvalue weighted by Gasteiger charge is -2.20. The Bertz CT molecular complexity index is 856. The first-order valence-corrected chi connectivity index (χ1v) is 7.13. The molecule has 0 amide bonds. The number of pyridine rings is 1. The van der Waals surface area contributed by atoms with Crippen LogP contribution in [0, 0.1) is 11.8 Å². The number of ether oxygens (including phenoxy) is 1. The third kappa shape index (κ3) is 3.35. The number of nitrogens with zero attached hydrogens (tertiary/aromatic N) is 2. The summed E-state index contributed by atoms with van der Waals surface area (Å²) in [7, 11) is 3.61. The van der Waals surface area contributed by atoms with Crippen LogP contribution in [0.4, 0.5) is 0 Å². The van der Waals surface area contributed by atoms with E-state index in [0.717, 1.165) is 0 Å². The van der Waals surface area contributed by atoms with E-state index in [9.17, 15) is 9.59 Å². The van der Waals surface area contributed by atoms with Crippen LogP contribution in [-0.2, 0) is 4.74 Å². The summed E-state index contributed by atoms with van der Waals surface area (Å²) in [6, 6.07) is 5.13. The molecule has 0 saturated heterocycles. The van der Waals surface area contributed by atoms with Gasteiger partial charge in [-0.3, -0.25) is 9.47 Å². The van der Waals surface area contributed by atoms with Crippen LogP contribution in [0.1, 0.15) is 22.8 Å². The van der Waals surface area contributed by atoms with Gasteiger partial charge in [-0.25, -0.2) is 4.79 Å². The van der Waals surface area contributed by atoms with E-state index in [2.05, 4.69) is 11.8 Å². The molecule has 0 spiro atoms. The van der Waals surface area contributed by atoms with Gasteiger partial charge in [0.2, 0.25) is 5.43 Å². The summed E-state index contributed by atoms with van der Waals surface area (Å²) in [6.07, 6.45) is 1.47. The number of esters is 1. The number of benzene rings is 1. The predicted molar refractivity (Wildman–Crippen MR) is 88.2 cm³/mol. The number of fused-ring (bicyclic) bond motifs is 1. The standard InChI is InChI=1S/C17H18N2O4/c1-4-23-17(22)14-11-19(18(2)3)15-8-7-12(6-5-9-20)10-13(15)16(14)21/h7-8,10-11,20H,4,9H2,1-3H3. The van der Waals surface area contributed by atoms with Crippen molar-refractivity contribution in [2.45, 2.75) is 6.92 Å². The van der Waals surface area contributed by atoms with Crippen molar-refractivity contribution in [3.8, 4) is 11.8 Å². The third-order valence-corrected chi connectivity index (χ3v) is 3.22. The van der Waals surface area contributed by atoms with Crippen molar-refractivity contribution < 1.29 is 14.6 Å². The first-order valence-electron chi connectivity index (χ1n) is 7.13. The maximum atomic E-state index is 12.6. The fourth-order valence-electron chi connectivity index (χ4n) is 2.22. The van der Waals surface area contributed by atoms with Crippen LogP contribution in [0.3, 0.4) is 0 Å². The average Bonchev–Trinajstić information content (AvgIpc) is 2.53. The highest BCUT2D eigenvalue weighted by atomic mass is 16.5. The summed E-state index contributed by atoms with van der Waals surface area (Å²) in [5, 5.41) is 10.9. The van der Waals surface area contributed by atoms with Gasteiger partial charge in [-0.05, 0) is 25.1 Å². The van der Waals surface area contributed by atoms with Crippen LogP contribution in [0.15, 0.2) is 29.2 Å². The average molecular weight is 314 g/mol. The molecule has 0 radical (unpaired) electrons. The Morgan fingerprint density at radius 2 is 2.13 bits per heavy atom. The number of aromatic nitrogens is 1. The molecule has 0 aliphatic carbocycles. The van der Waals surface area contributed by atoms with Gasteiger partial charge in [-0.1, -0.05) is 11.8 Å². The molecule has 1 aromatic carbocycles. The molecule has 0 aliphatic rings. The fourth-order valence-corrected chi connectivity index (χ4v) is 2.22. The number of rotatable bonds is 3. The molecule has 0 bridgehead atoms. The van der Waals surface area contributed by atoms with Crippen molar-refractivity contribution >= 4 is 16.9 Å². The summed E-state index contributed by atoms with van der Waals surface area (Å²) in [5.74, 6) is 4.65. The molecule has 23 heavy (non-hydrogen) atoms. The Morgan fingerprint density at radius 1 is 1.39 bits per heavy atom. The van der Waals surface area contributed by atoms with Crippen molar-refractivity contribution in [2.24, 2.45) is 0 Å². The molecule has 0 aliphatic heterocycles. The van der Waals surface area contributed by atoms with Crippen molar-refractivity contribution in [1.82, 2.24) is 4.68 Å². The van der Waals surface area contributed by atoms with Crippen LogP contribution in [0.5, 0.6) is 0 Å². The molecule has 1 N–H and O–H groups in total. The number of aliphatic hydroxyl groups is 1. The van der Waals surface area contributed by atoms with Gasteiger partial charge >= 0.3 is 5.97 Å². The summed E-state index contributed by atoms with van der Waals surface area (Å²) >= 11 is 0. The van der Waals surface area contributed by atoms with Gasteiger partial charge in [0.1, 0.15) is 12.2 Å². The third-order valence-electron chi connectivity index (χ3n) is 3.22. The number of hydrogen-bond acceptors (Lipinski definition) is 5. The molecular formula is C17H18N2O4. The van der Waals surface area contributed by atoms with E-state index in [1.807, 2.05) is 0 Å². The highest BCUT2D eigenvalue weighted by Crippen LogP contribution is 2.14. The second-order valence-electron chi connectivity index (χ2n) is 4.98. The zero-order valence-electron chi connectivity index (χ0n) is 13.3. The number of carbonyl (C=O) groups excluding carboxylic acids is 1. The van der Waals surface area contributed by atoms with Crippen molar-refractivity contribution in [3.63, 3.8) is 0 Å². The minimum Gasteiger partial charge on any atom is -0.462 e. The van der Waals surface area contributed by atoms with E-state index < -0.39 is 11.4 Å². The zero-order valence-corrected chi connectivity index (χ0v) is 13.3. The molecule has 0 atom stereocenters. The monoisotopic (exact) mass is 314 g/mol. The van der Waals surface area contributed by atoms with Crippen molar-refractivity contribution in [3.05, 3.63) is 45.7 Å². The molecule has 2 rings (SSSR count). The van der Waals surface area contributed by atoms with Gasteiger partial charge in [0.25, 0.3) is 0 Å². The molecule has 6 heteroatoms. The molecule has 0 saturated carbocycles. The van der Waals surface area contributed by atoms with E-state index in [0.29, 0.717) is 16.5 Å². The van der Waals surface area contributed by atoms with Crippen molar-refractivity contribution in [2.75, 3.05) is 32.3 Å². The van der Waals surface area contributed by atoms with Crippen LogP contribution in [-0.4, -0.2) is 43.1 Å². The lowest BCUT2D eigenvalue weighted by Crippen LogP contribution is -2.30. The summed E-state index contributed by atoms with van der Waals surface area (Å²) < 4.78 is 6.66. The molecule has 0 fully saturated rings. The molecule has 6 nitrogen and oxygen atoms in total. The molecule has 0 unspecified atom stereocenters. The Labute approximate surface area is 133 Å². The first kappa shape index (κ1) is 16.6. The van der Waals surface area contributed by atoms with Gasteiger partial charge in [0.15, 0.2) is 0 Å². The first-order chi connectivity index (χ1) is 11.0. The Kier molecular flexibility index (Phi) is 5.04. The van der Waals surface area contributed by atoms with Crippen LogP contribution >= 0.6 is 0 Å². The maximum absolute atomic E-state index is 12.6. The zero-order chi connectivity index (χ0) is 17.0. The van der Waals surface area contributed by atoms with E-state index in [-0.39, 0.29) is 18.8 Å². The quantitative estimate of drug-likeness (QED) is 0.668. The second kappa shape index (κ2) is 6.99. The Balaban J connectivity index is 2.77. The smallest absolute Gasteiger partial charge is 0.343 e. The molecule has 1 aromatic heterocycles. The summed E-state index contributed by atoms with van der Waals surface area (Å²) in [4.78, 5) is 24.6. The van der Waals surface area contributed by atoms with Gasteiger partial charge < -0.3 is 14.9 Å². The van der Waals surface area contributed by atoms with E-state index >= 15 is 0 Å². The SMILES string of the molecule is CCOC(=O)c1cn(N(C)C)c2ccc(C#CCO)cc2c1=O. The normalized spacial score (nSPS) is 10.1. The topological polar surface area (TPSA) is 71.8 Å². The van der Waals surface area contributed by atoms with Gasteiger partial charge in [-0.2, -0.15) is 0 Å².